The van der Waals surface area contributed by atoms with Crippen molar-refractivity contribution >= 4 is 57.1 Å². The summed E-state index contributed by atoms with van der Waals surface area (Å²) in [4.78, 5) is 0. The van der Waals surface area contributed by atoms with Crippen molar-refractivity contribution in [2.45, 2.75) is 41.5 Å². The van der Waals surface area contributed by atoms with Crippen LogP contribution in [0, 0.1) is 41.5 Å². The predicted octanol–water partition coefficient (Wildman–Crippen LogP) is 11.0. The highest BCUT2D eigenvalue weighted by Gasteiger charge is 2.28. The molecular weight excluding hydrogens is 625 g/mol. The van der Waals surface area contributed by atoms with Gasteiger partial charge in [0.1, 0.15) is 0 Å². The molecule has 1 heterocycles. The second kappa shape index (κ2) is 13.7. The SMILES string of the molecule is Cc1cc(C)c(B(c2ccc(-c3ccc(/C=C/c4ccc(-n5c6ccccc6c6ccccc65)cc4)cc3)cc2)c2c(C)cc(C)cc2C)c(C)c1. The molecule has 0 unspecified atom stereocenters. The number of benzene rings is 7. The number of para-hydroxylation sites is 2. The van der Waals surface area contributed by atoms with Crippen LogP contribution in [0.5, 0.6) is 0 Å². The fourth-order valence-electron chi connectivity index (χ4n) is 8.55. The Morgan fingerprint density at radius 1 is 0.423 bits per heavy atom. The predicted molar refractivity (Wildman–Crippen MR) is 228 cm³/mol. The molecule has 0 spiro atoms. The largest absolute Gasteiger partial charge is 0.309 e. The molecule has 252 valence electrons. The zero-order valence-electron chi connectivity index (χ0n) is 31.0. The zero-order valence-corrected chi connectivity index (χ0v) is 31.0. The van der Waals surface area contributed by atoms with Crippen molar-refractivity contribution in [3.8, 4) is 16.8 Å². The Morgan fingerprint density at radius 3 is 1.25 bits per heavy atom. The number of aryl methyl sites for hydroxylation is 6. The summed E-state index contributed by atoms with van der Waals surface area (Å²) in [7, 11) is 0. The topological polar surface area (TPSA) is 4.93 Å². The van der Waals surface area contributed by atoms with Gasteiger partial charge in [0.25, 0.3) is 0 Å². The van der Waals surface area contributed by atoms with Crippen molar-refractivity contribution in [2.75, 3.05) is 0 Å². The van der Waals surface area contributed by atoms with Gasteiger partial charge in [0.05, 0.1) is 11.0 Å². The molecule has 0 aliphatic rings. The molecule has 0 bridgehead atoms. The lowest BCUT2D eigenvalue weighted by atomic mass is 9.34. The van der Waals surface area contributed by atoms with Gasteiger partial charge >= 0.3 is 0 Å². The molecule has 0 aliphatic heterocycles. The van der Waals surface area contributed by atoms with Gasteiger partial charge in [0.2, 0.25) is 6.71 Å². The minimum absolute atomic E-state index is 0.179. The van der Waals surface area contributed by atoms with E-state index in [2.05, 4.69) is 204 Å². The average Bonchev–Trinajstić information content (AvgIpc) is 3.47. The molecule has 1 aromatic heterocycles. The first-order valence-corrected chi connectivity index (χ1v) is 18.4. The van der Waals surface area contributed by atoms with Crippen LogP contribution in [-0.2, 0) is 0 Å². The first kappa shape index (κ1) is 33.3. The molecule has 0 saturated heterocycles. The molecule has 2 heteroatoms. The Kier molecular flexibility index (Phi) is 8.77. The van der Waals surface area contributed by atoms with Crippen molar-refractivity contribution in [1.29, 1.82) is 0 Å². The summed E-state index contributed by atoms with van der Waals surface area (Å²) in [5, 5.41) is 2.57. The Morgan fingerprint density at radius 2 is 0.808 bits per heavy atom. The second-order valence-electron chi connectivity index (χ2n) is 14.6. The summed E-state index contributed by atoms with van der Waals surface area (Å²) in [6.07, 6.45) is 4.40. The van der Waals surface area contributed by atoms with E-state index in [0.717, 1.165) is 0 Å². The van der Waals surface area contributed by atoms with Crippen LogP contribution in [0.25, 0.3) is 50.8 Å². The van der Waals surface area contributed by atoms with E-state index in [0.29, 0.717) is 0 Å². The molecule has 8 aromatic rings. The second-order valence-corrected chi connectivity index (χ2v) is 14.6. The first-order valence-electron chi connectivity index (χ1n) is 18.4. The third-order valence-electron chi connectivity index (χ3n) is 10.7. The molecular formula is C50H44BN. The number of nitrogens with zero attached hydrogens (tertiary/aromatic N) is 1. The Hall–Kier alpha value is -5.86. The molecule has 0 N–H and O–H groups in total. The van der Waals surface area contributed by atoms with Crippen LogP contribution in [-0.4, -0.2) is 11.3 Å². The van der Waals surface area contributed by atoms with Crippen LogP contribution in [0.4, 0.5) is 0 Å². The number of rotatable bonds is 7. The van der Waals surface area contributed by atoms with Gasteiger partial charge in [-0.15, -0.1) is 0 Å². The number of hydrogen-bond donors (Lipinski definition) is 0. The summed E-state index contributed by atoms with van der Waals surface area (Å²) in [5.74, 6) is 0. The summed E-state index contributed by atoms with van der Waals surface area (Å²) in [6, 6.07) is 53.7. The number of hydrogen-bond acceptors (Lipinski definition) is 0. The number of aromatic nitrogens is 1. The lowest BCUT2D eigenvalue weighted by molar-refractivity contribution is 1.18. The Balaban J connectivity index is 1.04. The number of fused-ring (bicyclic) bond motifs is 3. The van der Waals surface area contributed by atoms with E-state index >= 15 is 0 Å². The van der Waals surface area contributed by atoms with Gasteiger partial charge in [-0.2, -0.15) is 0 Å². The highest BCUT2D eigenvalue weighted by atomic mass is 15.0. The summed E-state index contributed by atoms with van der Waals surface area (Å²) < 4.78 is 2.36. The van der Waals surface area contributed by atoms with E-state index in [1.165, 1.54) is 99.5 Å². The van der Waals surface area contributed by atoms with E-state index in [1.54, 1.807) is 0 Å². The van der Waals surface area contributed by atoms with Crippen LogP contribution in [0.15, 0.2) is 146 Å². The first-order chi connectivity index (χ1) is 25.2. The lowest BCUT2D eigenvalue weighted by Crippen LogP contribution is -2.55. The maximum atomic E-state index is 2.36. The van der Waals surface area contributed by atoms with Crippen molar-refractivity contribution in [2.24, 2.45) is 0 Å². The maximum Gasteiger partial charge on any atom is 0.242 e. The molecule has 52 heavy (non-hydrogen) atoms. The molecule has 1 nitrogen and oxygen atoms in total. The van der Waals surface area contributed by atoms with Crippen LogP contribution < -0.4 is 16.4 Å². The fraction of sp³-hybridized carbons (Fsp3) is 0.120. The summed E-state index contributed by atoms with van der Waals surface area (Å²) in [6.45, 7) is 13.7. The normalized spacial score (nSPS) is 11.6. The van der Waals surface area contributed by atoms with Gasteiger partial charge in [-0.3, -0.25) is 0 Å². The highest BCUT2D eigenvalue weighted by molar-refractivity contribution is 6.96. The van der Waals surface area contributed by atoms with Gasteiger partial charge in [0, 0.05) is 16.5 Å². The van der Waals surface area contributed by atoms with Crippen LogP contribution >= 0.6 is 0 Å². The van der Waals surface area contributed by atoms with E-state index in [4.69, 9.17) is 0 Å². The highest BCUT2D eigenvalue weighted by Crippen LogP contribution is 2.32. The van der Waals surface area contributed by atoms with Crippen LogP contribution in [0.1, 0.15) is 44.5 Å². The van der Waals surface area contributed by atoms with Crippen molar-refractivity contribution in [3.05, 3.63) is 190 Å². The molecule has 7 aromatic carbocycles. The molecule has 0 saturated carbocycles. The molecule has 0 amide bonds. The van der Waals surface area contributed by atoms with E-state index in [-0.39, 0.29) is 6.71 Å². The quantitative estimate of drug-likeness (QED) is 0.118. The minimum atomic E-state index is 0.179. The molecule has 0 fully saturated rings. The van der Waals surface area contributed by atoms with Crippen molar-refractivity contribution < 1.29 is 0 Å². The standard InChI is InChI=1S/C50H44BN/c1-33-29-35(3)49(36(4)30-33)51(50-37(5)31-34(2)32-38(50)6)43-25-23-42(24-26-43)41-21-17-39(18-22-41)15-16-40-19-27-44(28-20-40)52-47-13-9-7-11-45(47)46-12-8-10-14-48(46)52/h7-32H,1-6H3/b16-15+. The van der Waals surface area contributed by atoms with Gasteiger partial charge in [-0.1, -0.05) is 183 Å². The van der Waals surface area contributed by atoms with Gasteiger partial charge < -0.3 is 4.57 Å². The smallest absolute Gasteiger partial charge is 0.242 e. The molecule has 0 aliphatic carbocycles. The van der Waals surface area contributed by atoms with Crippen molar-refractivity contribution in [1.82, 2.24) is 4.57 Å². The van der Waals surface area contributed by atoms with Crippen LogP contribution in [0.3, 0.4) is 0 Å². The van der Waals surface area contributed by atoms with Crippen molar-refractivity contribution in [3.63, 3.8) is 0 Å². The minimum Gasteiger partial charge on any atom is -0.309 e. The van der Waals surface area contributed by atoms with E-state index in [1.807, 2.05) is 0 Å². The summed E-state index contributed by atoms with van der Waals surface area (Å²) in [5.41, 5.74) is 20.7. The van der Waals surface area contributed by atoms with E-state index < -0.39 is 0 Å². The monoisotopic (exact) mass is 669 g/mol. The van der Waals surface area contributed by atoms with E-state index in [9.17, 15) is 0 Å². The lowest BCUT2D eigenvalue weighted by Gasteiger charge is -2.24. The maximum absolute atomic E-state index is 2.36. The molecule has 8 rings (SSSR count). The van der Waals surface area contributed by atoms with Gasteiger partial charge in [0.15, 0.2) is 0 Å². The van der Waals surface area contributed by atoms with Gasteiger partial charge in [-0.05, 0) is 88.1 Å². The Bertz CT molecular complexity index is 2440. The van der Waals surface area contributed by atoms with Gasteiger partial charge in [-0.25, -0.2) is 0 Å². The fourth-order valence-corrected chi connectivity index (χ4v) is 8.55. The molecule has 0 radical (unpaired) electrons. The third-order valence-corrected chi connectivity index (χ3v) is 10.7. The third kappa shape index (κ3) is 6.20. The van der Waals surface area contributed by atoms with Crippen LogP contribution in [0.2, 0.25) is 0 Å². The molecule has 0 atom stereocenters. The summed E-state index contributed by atoms with van der Waals surface area (Å²) >= 11 is 0. The Labute approximate surface area is 309 Å². The zero-order chi connectivity index (χ0) is 35.9. The average molecular weight is 670 g/mol.